The molecule has 0 amide bonds. The lowest BCUT2D eigenvalue weighted by atomic mass is 10.3. The molecule has 0 aromatic carbocycles. The van der Waals surface area contributed by atoms with Gasteiger partial charge in [0.25, 0.3) is 5.56 Å². The van der Waals surface area contributed by atoms with Crippen molar-refractivity contribution in [2.24, 2.45) is 0 Å². The number of rotatable bonds is 7. The van der Waals surface area contributed by atoms with Crippen molar-refractivity contribution in [3.63, 3.8) is 0 Å². The van der Waals surface area contributed by atoms with E-state index in [2.05, 4.69) is 4.98 Å². The second-order valence-corrected chi connectivity index (χ2v) is 7.14. The van der Waals surface area contributed by atoms with E-state index in [1.807, 2.05) is 0 Å². The van der Waals surface area contributed by atoms with Gasteiger partial charge in [-0.3, -0.25) is 23.7 Å². The highest BCUT2D eigenvalue weighted by Gasteiger charge is 2.34. The van der Waals surface area contributed by atoms with Crippen LogP contribution in [0.3, 0.4) is 0 Å². The van der Waals surface area contributed by atoms with Gasteiger partial charge in [-0.2, -0.15) is 5.06 Å². The number of H-pyrrole nitrogens is 1. The molecule has 0 aliphatic carbocycles. The molecule has 1 aliphatic heterocycles. The Hall–Kier alpha value is -1.25. The van der Waals surface area contributed by atoms with Crippen LogP contribution in [-0.4, -0.2) is 40.7 Å². The van der Waals surface area contributed by atoms with Crippen molar-refractivity contribution in [1.82, 2.24) is 14.6 Å². The number of hydrogen-bond acceptors (Lipinski definition) is 7. The fourth-order valence-electron chi connectivity index (χ4n) is 2.33. The summed E-state index contributed by atoms with van der Waals surface area (Å²) in [6.07, 6.45) is 1.40. The van der Waals surface area contributed by atoms with Gasteiger partial charge in [-0.25, -0.2) is 4.79 Å². The van der Waals surface area contributed by atoms with E-state index in [4.69, 9.17) is 13.9 Å². The minimum Gasteiger partial charge on any atom is -0.308 e. The Balaban J connectivity index is 2.09. The molecule has 1 aliphatic rings. The summed E-state index contributed by atoms with van der Waals surface area (Å²) < 4.78 is 24.3. The molecule has 2 rings (SSSR count). The molecule has 1 atom stereocenters. The summed E-state index contributed by atoms with van der Waals surface area (Å²) >= 11 is 0. The van der Waals surface area contributed by atoms with Gasteiger partial charge < -0.3 is 9.05 Å². The van der Waals surface area contributed by atoms with Gasteiger partial charge in [-0.1, -0.05) is 0 Å². The molecule has 23 heavy (non-hydrogen) atoms. The van der Waals surface area contributed by atoms with Crippen LogP contribution in [0, 0.1) is 6.92 Å². The van der Waals surface area contributed by atoms with Crippen LogP contribution in [0.5, 0.6) is 0 Å². The number of aromatic nitrogens is 2. The first-order chi connectivity index (χ1) is 10.9. The quantitative estimate of drug-likeness (QED) is 0.739. The fourth-order valence-corrected chi connectivity index (χ4v) is 3.95. The number of hydrogen-bond donors (Lipinski definition) is 1. The predicted molar refractivity (Wildman–Crippen MR) is 83.2 cm³/mol. The highest BCUT2D eigenvalue weighted by atomic mass is 31.2. The van der Waals surface area contributed by atoms with Gasteiger partial charge in [0.2, 0.25) is 0 Å². The Morgan fingerprint density at radius 3 is 2.61 bits per heavy atom. The number of aromatic amines is 1. The molecule has 2 heterocycles. The smallest absolute Gasteiger partial charge is 0.308 e. The third-order valence-electron chi connectivity index (χ3n) is 3.33. The molecule has 0 bridgehead atoms. The normalized spacial score (nSPS) is 19.3. The lowest BCUT2D eigenvalue weighted by Gasteiger charge is -2.23. The minimum absolute atomic E-state index is 0.0116. The standard InChI is InChI=1S/C13H22N3O6P/c1-4-20-23(19,21-5-2)9-15-7-6-11(22-15)16-8-10(3)12(17)14-13(16)18/h8,11H,4-7,9H2,1-3H3,(H,14,17,18). The average molecular weight is 347 g/mol. The maximum Gasteiger partial charge on any atom is 0.346 e. The van der Waals surface area contributed by atoms with Crippen LogP contribution >= 0.6 is 7.60 Å². The molecule has 0 spiro atoms. The molecule has 9 nitrogen and oxygen atoms in total. The number of nitrogens with one attached hydrogen (secondary N) is 1. The number of aryl methyl sites for hydroxylation is 1. The molecule has 1 unspecified atom stereocenters. The van der Waals surface area contributed by atoms with Gasteiger partial charge in [0.1, 0.15) is 6.29 Å². The summed E-state index contributed by atoms with van der Waals surface area (Å²) in [6.45, 7) is 6.10. The predicted octanol–water partition coefficient (Wildman–Crippen LogP) is 1.20. The van der Waals surface area contributed by atoms with Crippen LogP contribution < -0.4 is 11.2 Å². The van der Waals surface area contributed by atoms with Crippen molar-refractivity contribution in [3.8, 4) is 0 Å². The van der Waals surface area contributed by atoms with Gasteiger partial charge in [0, 0.05) is 24.7 Å². The van der Waals surface area contributed by atoms with Gasteiger partial charge in [-0.05, 0) is 20.8 Å². The van der Waals surface area contributed by atoms with Crippen LogP contribution in [0.15, 0.2) is 15.8 Å². The number of nitrogens with zero attached hydrogens (tertiary/aromatic N) is 2. The zero-order valence-corrected chi connectivity index (χ0v) is 14.4. The molecule has 1 aromatic heterocycles. The molecule has 1 fully saturated rings. The first-order valence-electron chi connectivity index (χ1n) is 7.50. The van der Waals surface area contributed by atoms with Crippen molar-refractivity contribution in [2.75, 3.05) is 26.0 Å². The minimum atomic E-state index is -3.26. The van der Waals surface area contributed by atoms with Gasteiger partial charge in [0.05, 0.1) is 13.2 Å². The summed E-state index contributed by atoms with van der Waals surface area (Å²) in [5.74, 6) is 0. The van der Waals surface area contributed by atoms with E-state index in [0.29, 0.717) is 18.5 Å². The maximum absolute atomic E-state index is 12.5. The van der Waals surface area contributed by atoms with Crippen molar-refractivity contribution in [3.05, 3.63) is 32.6 Å². The molecule has 1 N–H and O–H groups in total. The Morgan fingerprint density at radius 1 is 1.35 bits per heavy atom. The van der Waals surface area contributed by atoms with Crippen molar-refractivity contribution < 1.29 is 18.5 Å². The Bertz CT molecular complexity index is 690. The Morgan fingerprint density at radius 2 is 2.00 bits per heavy atom. The van der Waals surface area contributed by atoms with Crippen molar-refractivity contribution in [2.45, 2.75) is 33.4 Å². The second-order valence-electron chi connectivity index (χ2n) is 5.12. The maximum atomic E-state index is 12.5. The third kappa shape index (κ3) is 4.39. The fraction of sp³-hybridized carbons (Fsp3) is 0.692. The molecular weight excluding hydrogens is 325 g/mol. The Labute approximate surface area is 133 Å². The molecule has 130 valence electrons. The number of hydroxylamine groups is 2. The Kier molecular flexibility index (Phi) is 5.94. The summed E-state index contributed by atoms with van der Waals surface area (Å²) in [7, 11) is -3.26. The van der Waals surface area contributed by atoms with E-state index >= 15 is 0 Å². The molecule has 1 aromatic rings. The first kappa shape index (κ1) is 18.1. The van der Waals surface area contributed by atoms with Crippen LogP contribution in [0.4, 0.5) is 0 Å². The molecule has 1 saturated heterocycles. The van der Waals surface area contributed by atoms with E-state index in [-0.39, 0.29) is 19.5 Å². The lowest BCUT2D eigenvalue weighted by Crippen LogP contribution is -2.33. The summed E-state index contributed by atoms with van der Waals surface area (Å²) in [6, 6.07) is 0. The molecule has 10 heteroatoms. The highest BCUT2D eigenvalue weighted by molar-refractivity contribution is 7.53. The monoisotopic (exact) mass is 347 g/mol. The van der Waals surface area contributed by atoms with Crippen molar-refractivity contribution >= 4 is 7.60 Å². The van der Waals surface area contributed by atoms with E-state index in [1.54, 1.807) is 20.8 Å². The second kappa shape index (κ2) is 7.55. The van der Waals surface area contributed by atoms with Gasteiger partial charge in [-0.15, -0.1) is 0 Å². The molecular formula is C13H22N3O6P. The van der Waals surface area contributed by atoms with E-state index in [1.165, 1.54) is 15.8 Å². The van der Waals surface area contributed by atoms with Gasteiger partial charge in [0.15, 0.2) is 6.23 Å². The van der Waals surface area contributed by atoms with Gasteiger partial charge >= 0.3 is 13.3 Å². The van der Waals surface area contributed by atoms with Crippen LogP contribution in [0.2, 0.25) is 0 Å². The third-order valence-corrected chi connectivity index (χ3v) is 5.30. The zero-order chi connectivity index (χ0) is 17.0. The lowest BCUT2D eigenvalue weighted by molar-refractivity contribution is -0.161. The topological polar surface area (TPSA) is 103 Å². The zero-order valence-electron chi connectivity index (χ0n) is 13.5. The van der Waals surface area contributed by atoms with Crippen LogP contribution in [0.1, 0.15) is 32.1 Å². The summed E-state index contributed by atoms with van der Waals surface area (Å²) in [5.41, 5.74) is -0.538. The first-order valence-corrected chi connectivity index (χ1v) is 9.23. The average Bonchev–Trinajstić information content (AvgIpc) is 2.91. The van der Waals surface area contributed by atoms with E-state index in [9.17, 15) is 14.2 Å². The van der Waals surface area contributed by atoms with Crippen molar-refractivity contribution in [1.29, 1.82) is 0 Å². The highest BCUT2D eigenvalue weighted by Crippen LogP contribution is 2.49. The molecule has 0 saturated carbocycles. The summed E-state index contributed by atoms with van der Waals surface area (Å²) in [4.78, 5) is 31.2. The summed E-state index contributed by atoms with van der Waals surface area (Å²) in [5, 5.41) is 1.48. The largest absolute Gasteiger partial charge is 0.346 e. The van der Waals surface area contributed by atoms with Crippen LogP contribution in [0.25, 0.3) is 0 Å². The molecule has 0 radical (unpaired) electrons. The SMILES string of the molecule is CCOP(=O)(CN1CCC(n2cc(C)c(=O)[nH]c2=O)O1)OCC. The van der Waals surface area contributed by atoms with E-state index in [0.717, 1.165) is 0 Å². The van der Waals surface area contributed by atoms with Crippen LogP contribution in [-0.2, 0) is 18.5 Å². The van der Waals surface area contributed by atoms with E-state index < -0.39 is 25.1 Å².